The second-order valence-electron chi connectivity index (χ2n) is 4.51. The van der Waals surface area contributed by atoms with Crippen molar-refractivity contribution in [3.05, 3.63) is 53.6 Å². The number of benzene rings is 2. The smallest absolute Gasteiger partial charge is 0.406 e. The predicted octanol–water partition coefficient (Wildman–Crippen LogP) is 5.25. The summed E-state index contributed by atoms with van der Waals surface area (Å²) in [5, 5.41) is 0. The van der Waals surface area contributed by atoms with E-state index in [4.69, 9.17) is 6.42 Å². The zero-order valence-corrected chi connectivity index (χ0v) is 11.3. The minimum Gasteiger partial charge on any atom is -0.406 e. The Bertz CT molecular complexity index is 735. The number of rotatable bonds is 2. The van der Waals surface area contributed by atoms with Crippen LogP contribution < -0.4 is 4.74 Å². The second kappa shape index (κ2) is 5.88. The molecule has 0 unspecified atom stereocenters. The zero-order chi connectivity index (χ0) is 17.3. The summed E-state index contributed by atoms with van der Waals surface area (Å²) >= 11 is 0. The van der Waals surface area contributed by atoms with Gasteiger partial charge in [-0.15, -0.1) is 19.6 Å². The van der Waals surface area contributed by atoms with Gasteiger partial charge in [-0.1, -0.05) is 18.1 Å². The Hall–Kier alpha value is -2.62. The van der Waals surface area contributed by atoms with Crippen molar-refractivity contribution in [3.8, 4) is 29.2 Å². The van der Waals surface area contributed by atoms with Gasteiger partial charge in [-0.3, -0.25) is 0 Å². The molecule has 0 bridgehead atoms. The first-order valence-corrected chi connectivity index (χ1v) is 6.13. The van der Waals surface area contributed by atoms with E-state index in [0.717, 1.165) is 24.3 Å². The van der Waals surface area contributed by atoms with E-state index in [2.05, 4.69) is 10.7 Å². The normalized spacial score (nSPS) is 11.9. The van der Waals surface area contributed by atoms with Gasteiger partial charge in [0.25, 0.3) is 0 Å². The van der Waals surface area contributed by atoms with Gasteiger partial charge in [-0.05, 0) is 41.5 Å². The van der Waals surface area contributed by atoms with Gasteiger partial charge < -0.3 is 4.74 Å². The van der Waals surface area contributed by atoms with Crippen molar-refractivity contribution in [1.82, 2.24) is 0 Å². The Morgan fingerprint density at radius 3 is 1.91 bits per heavy atom. The van der Waals surface area contributed by atoms with Crippen LogP contribution in [0.1, 0.15) is 11.1 Å². The molecule has 0 aliphatic rings. The van der Waals surface area contributed by atoms with Crippen molar-refractivity contribution in [2.24, 2.45) is 0 Å². The van der Waals surface area contributed by atoms with Crippen molar-refractivity contribution < 1.29 is 31.1 Å². The summed E-state index contributed by atoms with van der Waals surface area (Å²) in [6.07, 6.45) is -4.28. The summed E-state index contributed by atoms with van der Waals surface area (Å²) in [5.74, 6) is 1.65. The molecular weight excluding hydrogens is 322 g/mol. The molecule has 1 nitrogen and oxygen atoms in total. The lowest BCUT2D eigenvalue weighted by Crippen LogP contribution is -2.16. The van der Waals surface area contributed by atoms with Crippen LogP contribution in [0.2, 0.25) is 0 Å². The molecule has 0 aliphatic carbocycles. The average Bonchev–Trinajstić information content (AvgIpc) is 2.45. The molecule has 23 heavy (non-hydrogen) atoms. The van der Waals surface area contributed by atoms with Gasteiger partial charge in [0.05, 0.1) is 5.56 Å². The standard InChI is InChI=1S/C16H8F6O/c1-2-10-7-12(9-13(8-10)15(17,18)19)11-3-5-14(6-4-11)23-16(20,21)22/h1,3-9H. The molecule has 0 atom stereocenters. The highest BCUT2D eigenvalue weighted by Crippen LogP contribution is 2.34. The quantitative estimate of drug-likeness (QED) is 0.540. The van der Waals surface area contributed by atoms with Crippen molar-refractivity contribution >= 4 is 0 Å². The Kier molecular flexibility index (Phi) is 4.28. The average molecular weight is 330 g/mol. The third-order valence-electron chi connectivity index (χ3n) is 2.85. The molecule has 0 saturated heterocycles. The zero-order valence-electron chi connectivity index (χ0n) is 11.3. The molecule has 2 aromatic rings. The number of terminal acetylenes is 1. The highest BCUT2D eigenvalue weighted by atomic mass is 19.4. The summed E-state index contributed by atoms with van der Waals surface area (Å²) in [5.41, 5.74) is -0.488. The van der Waals surface area contributed by atoms with Crippen LogP contribution in [0, 0.1) is 12.3 Å². The van der Waals surface area contributed by atoms with Crippen LogP contribution in [0.25, 0.3) is 11.1 Å². The molecule has 0 heterocycles. The van der Waals surface area contributed by atoms with Crippen LogP contribution in [0.15, 0.2) is 42.5 Å². The van der Waals surface area contributed by atoms with Crippen molar-refractivity contribution in [1.29, 1.82) is 0 Å². The number of hydrogen-bond donors (Lipinski definition) is 0. The molecular formula is C16H8F6O. The molecule has 7 heteroatoms. The number of alkyl halides is 6. The van der Waals surface area contributed by atoms with E-state index in [1.165, 1.54) is 18.2 Å². The third kappa shape index (κ3) is 4.42. The third-order valence-corrected chi connectivity index (χ3v) is 2.85. The van der Waals surface area contributed by atoms with Crippen molar-refractivity contribution in [2.75, 3.05) is 0 Å². The van der Waals surface area contributed by atoms with E-state index in [1.54, 1.807) is 0 Å². The van der Waals surface area contributed by atoms with Crippen LogP contribution in [0.5, 0.6) is 5.75 Å². The largest absolute Gasteiger partial charge is 0.573 e. The maximum atomic E-state index is 12.8. The molecule has 0 spiro atoms. The fourth-order valence-electron chi connectivity index (χ4n) is 1.89. The van der Waals surface area contributed by atoms with Gasteiger partial charge in [0.1, 0.15) is 5.75 Å². The second-order valence-corrected chi connectivity index (χ2v) is 4.51. The summed E-state index contributed by atoms with van der Waals surface area (Å²) in [6.45, 7) is 0. The molecule has 0 N–H and O–H groups in total. The molecule has 2 rings (SSSR count). The summed E-state index contributed by atoms with van der Waals surface area (Å²) in [4.78, 5) is 0. The van der Waals surface area contributed by atoms with Gasteiger partial charge >= 0.3 is 12.5 Å². The molecule has 0 aliphatic heterocycles. The minimum absolute atomic E-state index is 0.0189. The minimum atomic E-state index is -4.84. The van der Waals surface area contributed by atoms with Crippen LogP contribution in [-0.4, -0.2) is 6.36 Å². The maximum Gasteiger partial charge on any atom is 0.573 e. The van der Waals surface area contributed by atoms with E-state index >= 15 is 0 Å². The summed E-state index contributed by atoms with van der Waals surface area (Å²) in [7, 11) is 0. The lowest BCUT2D eigenvalue weighted by Gasteiger charge is -2.12. The molecule has 0 saturated carbocycles. The van der Waals surface area contributed by atoms with Gasteiger partial charge in [-0.2, -0.15) is 13.2 Å². The number of hydrogen-bond acceptors (Lipinski definition) is 1. The first kappa shape index (κ1) is 16.7. The van der Waals surface area contributed by atoms with E-state index in [1.807, 2.05) is 0 Å². The van der Waals surface area contributed by atoms with Gasteiger partial charge in [0, 0.05) is 5.56 Å². The van der Waals surface area contributed by atoms with Gasteiger partial charge in [0.15, 0.2) is 0 Å². The van der Waals surface area contributed by atoms with E-state index in [9.17, 15) is 26.3 Å². The number of halogens is 6. The fraction of sp³-hybridized carbons (Fsp3) is 0.125. The van der Waals surface area contributed by atoms with Crippen LogP contribution >= 0.6 is 0 Å². The lowest BCUT2D eigenvalue weighted by molar-refractivity contribution is -0.274. The maximum absolute atomic E-state index is 12.8. The predicted molar refractivity (Wildman–Crippen MR) is 71.5 cm³/mol. The first-order chi connectivity index (χ1) is 10.6. The highest BCUT2D eigenvalue weighted by Gasteiger charge is 2.32. The van der Waals surface area contributed by atoms with E-state index in [-0.39, 0.29) is 16.7 Å². The topological polar surface area (TPSA) is 9.23 Å². The highest BCUT2D eigenvalue weighted by molar-refractivity contribution is 5.67. The van der Waals surface area contributed by atoms with Crippen molar-refractivity contribution in [3.63, 3.8) is 0 Å². The first-order valence-electron chi connectivity index (χ1n) is 6.13. The Labute approximate surface area is 127 Å². The molecule has 0 aromatic heterocycles. The molecule has 0 amide bonds. The Morgan fingerprint density at radius 2 is 1.43 bits per heavy atom. The molecule has 2 aromatic carbocycles. The number of ether oxygens (including phenoxy) is 1. The summed E-state index contributed by atoms with van der Waals surface area (Å²) < 4.78 is 78.4. The van der Waals surface area contributed by atoms with E-state index < -0.39 is 23.9 Å². The fourth-order valence-corrected chi connectivity index (χ4v) is 1.89. The monoisotopic (exact) mass is 330 g/mol. The Morgan fingerprint density at radius 1 is 0.826 bits per heavy atom. The molecule has 120 valence electrons. The van der Waals surface area contributed by atoms with Crippen LogP contribution in [0.4, 0.5) is 26.3 Å². The Balaban J connectivity index is 2.40. The van der Waals surface area contributed by atoms with Crippen LogP contribution in [-0.2, 0) is 6.18 Å². The molecule has 0 radical (unpaired) electrons. The van der Waals surface area contributed by atoms with Crippen molar-refractivity contribution in [2.45, 2.75) is 12.5 Å². The van der Waals surface area contributed by atoms with Gasteiger partial charge in [-0.25, -0.2) is 0 Å². The van der Waals surface area contributed by atoms with Gasteiger partial charge in [0.2, 0.25) is 0 Å². The SMILES string of the molecule is C#Cc1cc(-c2ccc(OC(F)(F)F)cc2)cc(C(F)(F)F)c1. The lowest BCUT2D eigenvalue weighted by atomic mass is 9.99. The van der Waals surface area contributed by atoms with E-state index in [0.29, 0.717) is 0 Å². The summed E-state index contributed by atoms with van der Waals surface area (Å²) in [6, 6.07) is 7.50. The molecule has 0 fully saturated rings. The van der Waals surface area contributed by atoms with Crippen LogP contribution in [0.3, 0.4) is 0 Å².